The van der Waals surface area contributed by atoms with Crippen LogP contribution in [0.1, 0.15) is 38.4 Å². The summed E-state index contributed by atoms with van der Waals surface area (Å²) in [6, 6.07) is 17.0. The quantitative estimate of drug-likeness (QED) is 0.287. The molecule has 0 saturated heterocycles. The molecule has 8 heteroatoms. The number of hydrogen-bond acceptors (Lipinski definition) is 3. The summed E-state index contributed by atoms with van der Waals surface area (Å²) < 4.78 is 21.0. The molecular weight excluding hydrogens is 488 g/mol. The Bertz CT molecular complexity index is 1400. The number of aryl methyl sites for hydroxylation is 2. The minimum absolute atomic E-state index is 0.250. The Morgan fingerprint density at radius 1 is 1.06 bits per heavy atom. The van der Waals surface area contributed by atoms with Gasteiger partial charge >= 0.3 is 0 Å². The van der Waals surface area contributed by atoms with Crippen LogP contribution in [0.5, 0.6) is 5.75 Å². The van der Waals surface area contributed by atoms with Crippen molar-refractivity contribution in [2.75, 3.05) is 5.32 Å². The summed E-state index contributed by atoms with van der Waals surface area (Å²) in [6.45, 7) is 6.30. The summed E-state index contributed by atoms with van der Waals surface area (Å²) in [7, 11) is 0. The van der Waals surface area contributed by atoms with Gasteiger partial charge in [0, 0.05) is 15.6 Å². The van der Waals surface area contributed by atoms with Gasteiger partial charge in [-0.1, -0.05) is 41.4 Å². The van der Waals surface area contributed by atoms with Gasteiger partial charge in [0.05, 0.1) is 23.6 Å². The summed E-state index contributed by atoms with van der Waals surface area (Å²) in [5, 5.41) is 8.49. The molecule has 0 fully saturated rings. The Morgan fingerprint density at radius 3 is 2.60 bits per heavy atom. The van der Waals surface area contributed by atoms with Gasteiger partial charge in [-0.25, -0.2) is 4.39 Å². The van der Waals surface area contributed by atoms with Crippen LogP contribution in [0.25, 0.3) is 0 Å². The van der Waals surface area contributed by atoms with Crippen LogP contribution in [0.4, 0.5) is 10.1 Å². The second-order valence-corrected chi connectivity index (χ2v) is 9.14. The van der Waals surface area contributed by atoms with E-state index in [1.54, 1.807) is 28.9 Å². The Labute approximate surface area is 213 Å². The topological polar surface area (TPSA) is 56.1 Å². The zero-order chi connectivity index (χ0) is 25.1. The van der Waals surface area contributed by atoms with Crippen molar-refractivity contribution in [1.29, 1.82) is 0 Å². The molecule has 4 aromatic rings. The molecule has 0 unspecified atom stereocenters. The highest BCUT2D eigenvalue weighted by molar-refractivity contribution is 6.31. The normalized spacial score (nSPS) is 10.9. The highest BCUT2D eigenvalue weighted by atomic mass is 35.5. The maximum atomic E-state index is 13.4. The van der Waals surface area contributed by atoms with E-state index >= 15 is 0 Å². The van der Waals surface area contributed by atoms with Gasteiger partial charge in [0.1, 0.15) is 18.2 Å². The first-order valence-corrected chi connectivity index (χ1v) is 11.7. The van der Waals surface area contributed by atoms with E-state index in [4.69, 9.17) is 27.9 Å². The van der Waals surface area contributed by atoms with Crippen LogP contribution in [0.2, 0.25) is 10.0 Å². The second kappa shape index (κ2) is 10.5. The van der Waals surface area contributed by atoms with E-state index in [1.165, 1.54) is 12.1 Å². The van der Waals surface area contributed by atoms with E-state index in [-0.39, 0.29) is 5.91 Å². The first-order valence-electron chi connectivity index (χ1n) is 11.0. The van der Waals surface area contributed by atoms with Gasteiger partial charge in [0.25, 0.3) is 5.91 Å². The Hall–Kier alpha value is -3.35. The maximum Gasteiger partial charge on any atom is 0.255 e. The molecule has 5 nitrogen and oxygen atoms in total. The zero-order valence-electron chi connectivity index (χ0n) is 19.5. The van der Waals surface area contributed by atoms with Crippen molar-refractivity contribution in [1.82, 2.24) is 9.78 Å². The van der Waals surface area contributed by atoms with E-state index in [9.17, 15) is 9.18 Å². The highest BCUT2D eigenvalue weighted by Gasteiger charge is 2.17. The van der Waals surface area contributed by atoms with E-state index in [0.29, 0.717) is 40.1 Å². The number of hydrogen-bond donors (Lipinski definition) is 1. The third-order valence-electron chi connectivity index (χ3n) is 5.68. The van der Waals surface area contributed by atoms with Crippen molar-refractivity contribution in [2.45, 2.75) is 33.9 Å². The van der Waals surface area contributed by atoms with Crippen molar-refractivity contribution in [2.24, 2.45) is 0 Å². The van der Waals surface area contributed by atoms with Crippen LogP contribution < -0.4 is 10.1 Å². The lowest BCUT2D eigenvalue weighted by atomic mass is 10.1. The number of anilines is 1. The molecule has 0 aliphatic heterocycles. The van der Waals surface area contributed by atoms with Crippen molar-refractivity contribution in [3.8, 4) is 5.75 Å². The lowest BCUT2D eigenvalue weighted by Crippen LogP contribution is -2.14. The molecule has 0 atom stereocenters. The number of nitrogens with zero attached hydrogens (tertiary/aromatic N) is 2. The van der Waals surface area contributed by atoms with Gasteiger partial charge in [-0.05, 0) is 79.9 Å². The van der Waals surface area contributed by atoms with Crippen LogP contribution in [0, 0.1) is 26.6 Å². The fourth-order valence-electron chi connectivity index (χ4n) is 3.77. The van der Waals surface area contributed by atoms with Crippen LogP contribution in [0.3, 0.4) is 0 Å². The number of aromatic nitrogens is 2. The summed E-state index contributed by atoms with van der Waals surface area (Å²) in [5.74, 6) is 0.0975. The third-order valence-corrected chi connectivity index (χ3v) is 6.26. The molecule has 35 heavy (non-hydrogen) atoms. The number of carbonyl (C=O) groups excluding carboxylic acids is 1. The molecule has 1 heterocycles. The van der Waals surface area contributed by atoms with Crippen LogP contribution in [-0.2, 0) is 13.2 Å². The molecule has 180 valence electrons. The number of ether oxygens (including phenoxy) is 1. The minimum Gasteiger partial charge on any atom is -0.489 e. The summed E-state index contributed by atoms with van der Waals surface area (Å²) in [5.41, 5.74) is 5.12. The highest BCUT2D eigenvalue weighted by Crippen LogP contribution is 2.25. The summed E-state index contributed by atoms with van der Waals surface area (Å²) in [4.78, 5) is 13.0. The predicted molar refractivity (Wildman–Crippen MR) is 137 cm³/mol. The summed E-state index contributed by atoms with van der Waals surface area (Å²) in [6.07, 6.45) is 0. The number of rotatable bonds is 7. The fraction of sp³-hybridized carbons (Fsp3) is 0.185. The molecule has 1 amide bonds. The van der Waals surface area contributed by atoms with Crippen molar-refractivity contribution < 1.29 is 13.9 Å². The molecule has 0 bridgehead atoms. The number of amides is 1. The van der Waals surface area contributed by atoms with Gasteiger partial charge in [-0.2, -0.15) is 5.10 Å². The fourth-order valence-corrected chi connectivity index (χ4v) is 4.22. The molecule has 0 aliphatic rings. The number of halogens is 3. The van der Waals surface area contributed by atoms with Crippen molar-refractivity contribution in [3.05, 3.63) is 110 Å². The van der Waals surface area contributed by atoms with Crippen LogP contribution in [-0.4, -0.2) is 15.7 Å². The number of carbonyl (C=O) groups is 1. The molecule has 3 aromatic carbocycles. The molecule has 0 radical (unpaired) electrons. The smallest absolute Gasteiger partial charge is 0.255 e. The van der Waals surface area contributed by atoms with Gasteiger partial charge in [-0.3, -0.25) is 9.48 Å². The predicted octanol–water partition coefficient (Wildman–Crippen LogP) is 7.13. The Kier molecular flexibility index (Phi) is 7.43. The summed E-state index contributed by atoms with van der Waals surface area (Å²) >= 11 is 12.2. The lowest BCUT2D eigenvalue weighted by Gasteiger charge is -2.11. The Balaban J connectivity index is 1.47. The van der Waals surface area contributed by atoms with Gasteiger partial charge in [-0.15, -0.1) is 0 Å². The van der Waals surface area contributed by atoms with E-state index in [0.717, 1.165) is 28.1 Å². The lowest BCUT2D eigenvalue weighted by molar-refractivity contribution is 0.102. The molecule has 1 N–H and O–H groups in total. The van der Waals surface area contributed by atoms with Crippen LogP contribution >= 0.6 is 23.2 Å². The average molecular weight is 512 g/mol. The van der Waals surface area contributed by atoms with E-state index in [2.05, 4.69) is 10.4 Å². The SMILES string of the molecule is Cc1cc(Cl)ccc1OCc1cccc(C(=O)Nc2c(C)nn(Cc3ccc(F)cc3Cl)c2C)c1. The van der Waals surface area contributed by atoms with Crippen molar-refractivity contribution >= 4 is 34.8 Å². The van der Waals surface area contributed by atoms with Crippen LogP contribution in [0.15, 0.2) is 60.7 Å². The molecule has 1 aromatic heterocycles. The van der Waals surface area contributed by atoms with Gasteiger partial charge in [0.2, 0.25) is 0 Å². The zero-order valence-corrected chi connectivity index (χ0v) is 21.0. The maximum absolute atomic E-state index is 13.4. The third kappa shape index (κ3) is 5.84. The average Bonchev–Trinajstić information content (AvgIpc) is 3.08. The van der Waals surface area contributed by atoms with Gasteiger partial charge < -0.3 is 10.1 Å². The van der Waals surface area contributed by atoms with E-state index in [1.807, 2.05) is 45.0 Å². The standard InChI is InChI=1S/C27H24Cl2FN3O2/c1-16-11-22(28)8-10-25(16)35-15-19-5-4-6-20(12-19)27(34)31-26-17(2)32-33(18(26)3)14-21-7-9-23(30)13-24(21)29/h4-13H,14-15H2,1-3H3,(H,31,34). The molecule has 0 spiro atoms. The molecule has 0 saturated carbocycles. The molecule has 0 aliphatic carbocycles. The minimum atomic E-state index is -0.393. The van der Waals surface area contributed by atoms with E-state index < -0.39 is 5.82 Å². The monoisotopic (exact) mass is 511 g/mol. The number of benzene rings is 3. The molecule has 4 rings (SSSR count). The first kappa shape index (κ1) is 24.8. The first-order chi connectivity index (χ1) is 16.7. The largest absolute Gasteiger partial charge is 0.489 e. The van der Waals surface area contributed by atoms with Crippen molar-refractivity contribution in [3.63, 3.8) is 0 Å². The van der Waals surface area contributed by atoms with Gasteiger partial charge in [0.15, 0.2) is 0 Å². The number of nitrogens with one attached hydrogen (secondary N) is 1. The molecular formula is C27H24Cl2FN3O2. The second-order valence-electron chi connectivity index (χ2n) is 8.29. The Morgan fingerprint density at radius 2 is 1.86 bits per heavy atom.